The van der Waals surface area contributed by atoms with E-state index in [1.807, 2.05) is 72.4 Å². The molecule has 0 saturated carbocycles. The lowest BCUT2D eigenvalue weighted by Crippen LogP contribution is -2.27. The summed E-state index contributed by atoms with van der Waals surface area (Å²) in [5.41, 5.74) is 0. The summed E-state index contributed by atoms with van der Waals surface area (Å²) in [6.07, 6.45) is 0.654. The minimum absolute atomic E-state index is 0.297. The molecule has 0 saturated heterocycles. The molecule has 0 heterocycles. The van der Waals surface area contributed by atoms with Crippen LogP contribution in [0.25, 0.3) is 0 Å². The van der Waals surface area contributed by atoms with E-state index in [1.54, 1.807) is 0 Å². The molecule has 0 amide bonds. The summed E-state index contributed by atoms with van der Waals surface area (Å²) in [4.78, 5) is 0. The predicted octanol–water partition coefficient (Wildman–Crippen LogP) is 4.12. The summed E-state index contributed by atoms with van der Waals surface area (Å²) >= 11 is 1.95. The zero-order valence-corrected chi connectivity index (χ0v) is 16.6. The maximum absolute atomic E-state index is 13.8. The molecule has 0 spiro atoms. The highest BCUT2D eigenvalue weighted by molar-refractivity contribution is 8.00. The van der Waals surface area contributed by atoms with Crippen LogP contribution >= 0.6 is 18.9 Å². The van der Waals surface area contributed by atoms with Gasteiger partial charge in [-0.05, 0) is 0 Å². The molecule has 2 nitrogen and oxygen atoms in total. The van der Waals surface area contributed by atoms with Gasteiger partial charge in [-0.3, -0.25) is 0 Å². The number of rotatable bonds is 8. The van der Waals surface area contributed by atoms with E-state index in [0.29, 0.717) is 10.9 Å². The second-order valence-corrected chi connectivity index (χ2v) is 11.7. The summed E-state index contributed by atoms with van der Waals surface area (Å²) < 4.78 is 14.1. The van der Waals surface area contributed by atoms with Gasteiger partial charge in [-0.1, -0.05) is 81.4 Å². The predicted molar refractivity (Wildman–Crippen MR) is 110 cm³/mol. The van der Waals surface area contributed by atoms with Crippen LogP contribution in [-0.4, -0.2) is 29.8 Å². The van der Waals surface area contributed by atoms with Crippen LogP contribution in [0.5, 0.6) is 0 Å². The Balaban J connectivity index is 2.00. The summed E-state index contributed by atoms with van der Waals surface area (Å²) in [6, 6.07) is 19.8. The van der Waals surface area contributed by atoms with Gasteiger partial charge in [0.05, 0.1) is 0 Å². The van der Waals surface area contributed by atoms with Gasteiger partial charge in [0, 0.05) is 40.4 Å². The van der Waals surface area contributed by atoms with Gasteiger partial charge >= 0.3 is 0 Å². The van der Waals surface area contributed by atoms with E-state index in [2.05, 4.69) is 26.1 Å². The average Bonchev–Trinajstić information content (AvgIpc) is 2.58. The van der Waals surface area contributed by atoms with Gasteiger partial charge in [0.15, 0.2) is 0 Å². The molecule has 0 aliphatic heterocycles. The van der Waals surface area contributed by atoms with Crippen molar-refractivity contribution in [1.82, 2.24) is 5.32 Å². The van der Waals surface area contributed by atoms with E-state index in [4.69, 9.17) is 0 Å². The van der Waals surface area contributed by atoms with Crippen LogP contribution in [0.15, 0.2) is 60.7 Å². The zero-order chi connectivity index (χ0) is 17.5. The normalized spacial score (nSPS) is 12.3. The Morgan fingerprint density at radius 2 is 1.38 bits per heavy atom. The van der Waals surface area contributed by atoms with Crippen molar-refractivity contribution in [2.45, 2.75) is 25.5 Å². The van der Waals surface area contributed by atoms with Crippen LogP contribution in [0.3, 0.4) is 0 Å². The number of hydrogen-bond acceptors (Lipinski definition) is 3. The van der Waals surface area contributed by atoms with Crippen molar-refractivity contribution in [2.24, 2.45) is 0 Å². The maximum Gasteiger partial charge on any atom is 0.144 e. The summed E-state index contributed by atoms with van der Waals surface area (Å²) in [5.74, 6) is 1.07. The summed E-state index contributed by atoms with van der Waals surface area (Å²) in [6.45, 7) is 8.42. The Hall–Kier alpha value is -1.02. The Morgan fingerprint density at radius 3 is 1.83 bits per heavy atom. The van der Waals surface area contributed by atoms with E-state index >= 15 is 0 Å². The second-order valence-electron chi connectivity index (χ2n) is 6.85. The number of nitrogens with one attached hydrogen (secondary N) is 1. The van der Waals surface area contributed by atoms with Gasteiger partial charge in [-0.25, -0.2) is 0 Å². The molecule has 2 aromatic rings. The fourth-order valence-electron chi connectivity index (χ4n) is 2.54. The van der Waals surface area contributed by atoms with E-state index in [1.165, 1.54) is 0 Å². The molecule has 0 fully saturated rings. The van der Waals surface area contributed by atoms with Crippen molar-refractivity contribution in [3.8, 4) is 0 Å². The summed E-state index contributed by atoms with van der Waals surface area (Å²) in [5, 5.41) is 5.35. The van der Waals surface area contributed by atoms with Gasteiger partial charge in [0.25, 0.3) is 0 Å². The Bertz CT molecular complexity index is 609. The third-order valence-corrected chi connectivity index (χ3v) is 8.16. The van der Waals surface area contributed by atoms with E-state index in [0.717, 1.165) is 29.5 Å². The highest BCUT2D eigenvalue weighted by Crippen LogP contribution is 2.42. The molecule has 0 unspecified atom stereocenters. The molecule has 0 atom stereocenters. The molecule has 4 heteroatoms. The number of hydrogen-bond donors (Lipinski definition) is 1. The van der Waals surface area contributed by atoms with Crippen molar-refractivity contribution in [3.63, 3.8) is 0 Å². The molecule has 2 aromatic carbocycles. The lowest BCUT2D eigenvalue weighted by molar-refractivity contribution is 0.584. The molecular weight excluding hydrogens is 333 g/mol. The van der Waals surface area contributed by atoms with Gasteiger partial charge in [-0.2, -0.15) is 11.8 Å². The lowest BCUT2D eigenvalue weighted by Gasteiger charge is -2.20. The minimum atomic E-state index is -2.57. The lowest BCUT2D eigenvalue weighted by atomic mass is 10.3. The third kappa shape index (κ3) is 5.81. The van der Waals surface area contributed by atoms with Crippen molar-refractivity contribution in [1.29, 1.82) is 0 Å². The standard InChI is InChI=1S/C20H28NOPS/c1-20(2,3)24-17-15-21-14-16-23(22,18-10-6-4-7-11-18)19-12-8-5-9-13-19/h4-13,21H,14-17H2,1-3H3. The van der Waals surface area contributed by atoms with Crippen LogP contribution in [0.1, 0.15) is 20.8 Å². The highest BCUT2D eigenvalue weighted by Gasteiger charge is 2.26. The third-order valence-electron chi connectivity index (χ3n) is 3.76. The van der Waals surface area contributed by atoms with E-state index in [-0.39, 0.29) is 0 Å². The molecule has 0 bridgehead atoms. The van der Waals surface area contributed by atoms with Crippen molar-refractivity contribution in [2.75, 3.05) is 25.0 Å². The Morgan fingerprint density at radius 1 is 0.875 bits per heavy atom. The smallest absolute Gasteiger partial charge is 0.144 e. The van der Waals surface area contributed by atoms with Crippen LogP contribution in [0, 0.1) is 0 Å². The molecule has 2 rings (SSSR count). The molecule has 130 valence electrons. The zero-order valence-electron chi connectivity index (χ0n) is 14.9. The number of thioether (sulfide) groups is 1. The second kappa shape index (κ2) is 8.89. The van der Waals surface area contributed by atoms with Crippen molar-refractivity contribution >= 4 is 29.5 Å². The van der Waals surface area contributed by atoms with E-state index < -0.39 is 7.14 Å². The molecule has 0 aliphatic carbocycles. The summed E-state index contributed by atoms with van der Waals surface area (Å²) in [7, 11) is -2.57. The molecule has 0 radical (unpaired) electrons. The van der Waals surface area contributed by atoms with Crippen LogP contribution in [0.4, 0.5) is 0 Å². The maximum atomic E-state index is 13.8. The first-order valence-corrected chi connectivity index (χ1v) is 11.3. The van der Waals surface area contributed by atoms with Gasteiger partial charge in [0.2, 0.25) is 0 Å². The average molecular weight is 361 g/mol. The first-order chi connectivity index (χ1) is 11.4. The Labute approximate surface area is 150 Å². The topological polar surface area (TPSA) is 29.1 Å². The first kappa shape index (κ1) is 19.3. The molecule has 0 aliphatic rings. The first-order valence-electron chi connectivity index (χ1n) is 8.47. The Kier molecular flexibility index (Phi) is 7.16. The van der Waals surface area contributed by atoms with Crippen LogP contribution in [-0.2, 0) is 4.57 Å². The van der Waals surface area contributed by atoms with E-state index in [9.17, 15) is 4.57 Å². The van der Waals surface area contributed by atoms with Crippen LogP contribution < -0.4 is 15.9 Å². The van der Waals surface area contributed by atoms with Gasteiger partial charge < -0.3 is 9.88 Å². The fourth-order valence-corrected chi connectivity index (χ4v) is 5.99. The highest BCUT2D eigenvalue weighted by atomic mass is 32.2. The van der Waals surface area contributed by atoms with Crippen LogP contribution in [0.2, 0.25) is 0 Å². The SMILES string of the molecule is CC(C)(C)SCCNCCP(=O)(c1ccccc1)c1ccccc1. The molecular formula is C20H28NOPS. The quantitative estimate of drug-likeness (QED) is 0.566. The van der Waals surface area contributed by atoms with Crippen molar-refractivity contribution < 1.29 is 4.57 Å². The monoisotopic (exact) mass is 361 g/mol. The van der Waals surface area contributed by atoms with Crippen molar-refractivity contribution in [3.05, 3.63) is 60.7 Å². The molecule has 1 N–H and O–H groups in total. The minimum Gasteiger partial charge on any atom is -0.315 e. The van der Waals surface area contributed by atoms with Gasteiger partial charge in [0.1, 0.15) is 7.14 Å². The molecule has 0 aromatic heterocycles. The largest absolute Gasteiger partial charge is 0.315 e. The fraction of sp³-hybridized carbons (Fsp3) is 0.400. The molecule has 24 heavy (non-hydrogen) atoms. The van der Waals surface area contributed by atoms with Gasteiger partial charge in [-0.15, -0.1) is 0 Å². The number of benzene rings is 2.